The van der Waals surface area contributed by atoms with Crippen LogP contribution >= 0.6 is 0 Å². The number of piperidine rings is 1. The third-order valence-electron chi connectivity index (χ3n) is 5.62. The molecule has 3 heterocycles. The average Bonchev–Trinajstić information content (AvgIpc) is 3.29. The highest BCUT2D eigenvalue weighted by Crippen LogP contribution is 2.40. The van der Waals surface area contributed by atoms with Crippen molar-refractivity contribution in [2.24, 2.45) is 0 Å². The van der Waals surface area contributed by atoms with Crippen LogP contribution in [0, 0.1) is 0 Å². The molecule has 0 aliphatic carbocycles. The van der Waals surface area contributed by atoms with Crippen LogP contribution in [0.5, 0.6) is 11.5 Å². The molecule has 0 aromatic heterocycles. The largest absolute Gasteiger partial charge is 0.454 e. The van der Waals surface area contributed by atoms with Gasteiger partial charge in [-0.3, -0.25) is 9.59 Å². The lowest BCUT2D eigenvalue weighted by Crippen LogP contribution is -2.61. The SMILES string of the molecule is COCCN1CCCC2(CCCN2C(=O)c2ccc3c(c2)OCO3)C1=O. The summed E-state index contributed by atoms with van der Waals surface area (Å²) in [5, 5.41) is 0. The zero-order chi connectivity index (χ0) is 18.1. The van der Waals surface area contributed by atoms with Gasteiger partial charge in [0.2, 0.25) is 12.7 Å². The minimum Gasteiger partial charge on any atom is -0.454 e. The summed E-state index contributed by atoms with van der Waals surface area (Å²) in [5.41, 5.74) is -0.170. The monoisotopic (exact) mass is 360 g/mol. The van der Waals surface area contributed by atoms with E-state index < -0.39 is 5.54 Å². The number of fused-ring (bicyclic) bond motifs is 1. The molecule has 2 saturated heterocycles. The quantitative estimate of drug-likeness (QED) is 0.817. The van der Waals surface area contributed by atoms with Crippen LogP contribution in [0.4, 0.5) is 0 Å². The Balaban J connectivity index is 1.59. The molecule has 4 rings (SSSR count). The summed E-state index contributed by atoms with van der Waals surface area (Å²) in [6.07, 6.45) is 3.21. The summed E-state index contributed by atoms with van der Waals surface area (Å²) in [5.74, 6) is 1.19. The molecule has 2 amide bonds. The standard InChI is InChI=1S/C19H24N2O5/c1-24-11-10-20-8-2-6-19(18(20)23)7-3-9-21(19)17(22)14-4-5-15-16(12-14)26-13-25-15/h4-5,12H,2-3,6-11,13H2,1H3. The Bertz CT molecular complexity index is 722. The Hall–Kier alpha value is -2.28. The number of ether oxygens (including phenoxy) is 3. The first-order valence-electron chi connectivity index (χ1n) is 9.16. The van der Waals surface area contributed by atoms with Crippen LogP contribution in [0.1, 0.15) is 36.0 Å². The number of likely N-dealkylation sites (tertiary alicyclic amines) is 2. The molecule has 7 nitrogen and oxygen atoms in total. The Labute approximate surface area is 152 Å². The van der Waals surface area contributed by atoms with Gasteiger partial charge < -0.3 is 24.0 Å². The van der Waals surface area contributed by atoms with Crippen LogP contribution in [0.15, 0.2) is 18.2 Å². The molecule has 1 atom stereocenters. The van der Waals surface area contributed by atoms with Crippen molar-refractivity contribution in [1.29, 1.82) is 0 Å². The minimum absolute atomic E-state index is 0.0624. The van der Waals surface area contributed by atoms with Gasteiger partial charge in [-0.05, 0) is 43.9 Å². The van der Waals surface area contributed by atoms with Gasteiger partial charge in [0.15, 0.2) is 11.5 Å². The van der Waals surface area contributed by atoms with Crippen LogP contribution in [0.3, 0.4) is 0 Å². The van der Waals surface area contributed by atoms with E-state index in [2.05, 4.69) is 0 Å². The molecule has 7 heteroatoms. The molecule has 1 aromatic carbocycles. The zero-order valence-electron chi connectivity index (χ0n) is 15.0. The highest BCUT2D eigenvalue weighted by molar-refractivity contribution is 6.00. The number of carbonyl (C=O) groups is 2. The Kier molecular flexibility index (Phi) is 4.48. The third kappa shape index (κ3) is 2.70. The van der Waals surface area contributed by atoms with Crippen molar-refractivity contribution < 1.29 is 23.8 Å². The normalized spacial score (nSPS) is 24.6. The lowest BCUT2D eigenvalue weighted by Gasteiger charge is -2.44. The molecule has 26 heavy (non-hydrogen) atoms. The number of nitrogens with zero attached hydrogens (tertiary/aromatic N) is 2. The molecule has 0 N–H and O–H groups in total. The van der Waals surface area contributed by atoms with Gasteiger partial charge in [-0.1, -0.05) is 0 Å². The fraction of sp³-hybridized carbons (Fsp3) is 0.579. The van der Waals surface area contributed by atoms with E-state index in [0.717, 1.165) is 32.2 Å². The average molecular weight is 360 g/mol. The zero-order valence-corrected chi connectivity index (χ0v) is 15.0. The minimum atomic E-state index is -0.709. The fourth-order valence-corrected chi connectivity index (χ4v) is 4.32. The van der Waals surface area contributed by atoms with Crippen LogP contribution in [-0.2, 0) is 9.53 Å². The Morgan fingerprint density at radius 3 is 2.77 bits per heavy atom. The molecule has 2 fully saturated rings. The topological polar surface area (TPSA) is 68.3 Å². The summed E-state index contributed by atoms with van der Waals surface area (Å²) in [4.78, 5) is 30.1. The first-order chi connectivity index (χ1) is 12.7. The van der Waals surface area contributed by atoms with Gasteiger partial charge in [0.25, 0.3) is 5.91 Å². The van der Waals surface area contributed by atoms with Crippen molar-refractivity contribution >= 4 is 11.8 Å². The number of benzene rings is 1. The van der Waals surface area contributed by atoms with Crippen LogP contribution in [0.25, 0.3) is 0 Å². The van der Waals surface area contributed by atoms with Gasteiger partial charge in [-0.2, -0.15) is 0 Å². The van der Waals surface area contributed by atoms with Crippen molar-refractivity contribution in [2.75, 3.05) is 40.1 Å². The van der Waals surface area contributed by atoms with Gasteiger partial charge in [0.05, 0.1) is 6.61 Å². The van der Waals surface area contributed by atoms with Crippen LogP contribution in [0.2, 0.25) is 0 Å². The molecule has 0 saturated carbocycles. The molecular formula is C19H24N2O5. The number of hydrogen-bond donors (Lipinski definition) is 0. The fourth-order valence-electron chi connectivity index (χ4n) is 4.32. The summed E-state index contributed by atoms with van der Waals surface area (Å²) in [6, 6.07) is 5.22. The van der Waals surface area contributed by atoms with Gasteiger partial charge >= 0.3 is 0 Å². The van der Waals surface area contributed by atoms with E-state index in [1.807, 2.05) is 4.90 Å². The van der Waals surface area contributed by atoms with E-state index in [1.54, 1.807) is 30.2 Å². The number of carbonyl (C=O) groups excluding carboxylic acids is 2. The van der Waals surface area contributed by atoms with E-state index in [9.17, 15) is 9.59 Å². The summed E-state index contributed by atoms with van der Waals surface area (Å²) in [7, 11) is 1.63. The maximum absolute atomic E-state index is 13.2. The van der Waals surface area contributed by atoms with E-state index in [1.165, 1.54) is 0 Å². The van der Waals surface area contributed by atoms with Crippen molar-refractivity contribution in [1.82, 2.24) is 9.80 Å². The summed E-state index contributed by atoms with van der Waals surface area (Å²) >= 11 is 0. The predicted molar refractivity (Wildman–Crippen MR) is 93.3 cm³/mol. The first kappa shape index (κ1) is 17.1. The summed E-state index contributed by atoms with van der Waals surface area (Å²) in [6.45, 7) is 2.60. The molecule has 0 bridgehead atoms. The highest BCUT2D eigenvalue weighted by atomic mass is 16.7. The van der Waals surface area contributed by atoms with E-state index >= 15 is 0 Å². The van der Waals surface area contributed by atoms with E-state index in [0.29, 0.717) is 36.8 Å². The Morgan fingerprint density at radius 1 is 1.19 bits per heavy atom. The lowest BCUT2D eigenvalue weighted by atomic mass is 9.85. The smallest absolute Gasteiger partial charge is 0.254 e. The molecule has 3 aliphatic heterocycles. The second kappa shape index (κ2) is 6.79. The van der Waals surface area contributed by atoms with Gasteiger partial charge in [-0.25, -0.2) is 0 Å². The van der Waals surface area contributed by atoms with Gasteiger partial charge in [0, 0.05) is 32.3 Å². The van der Waals surface area contributed by atoms with Crippen molar-refractivity contribution in [2.45, 2.75) is 31.2 Å². The number of rotatable bonds is 4. The Morgan fingerprint density at radius 2 is 1.96 bits per heavy atom. The molecular weight excluding hydrogens is 336 g/mol. The lowest BCUT2D eigenvalue weighted by molar-refractivity contribution is -0.146. The predicted octanol–water partition coefficient (Wildman–Crippen LogP) is 1.66. The first-order valence-corrected chi connectivity index (χ1v) is 9.16. The van der Waals surface area contributed by atoms with E-state index in [4.69, 9.17) is 14.2 Å². The molecule has 1 spiro atoms. The highest BCUT2D eigenvalue weighted by Gasteiger charge is 2.52. The number of amides is 2. The van der Waals surface area contributed by atoms with E-state index in [-0.39, 0.29) is 18.6 Å². The second-order valence-corrected chi connectivity index (χ2v) is 7.05. The van der Waals surface area contributed by atoms with Crippen molar-refractivity contribution in [3.8, 4) is 11.5 Å². The van der Waals surface area contributed by atoms with Crippen molar-refractivity contribution in [3.05, 3.63) is 23.8 Å². The second-order valence-electron chi connectivity index (χ2n) is 7.05. The number of methoxy groups -OCH3 is 1. The maximum Gasteiger partial charge on any atom is 0.254 e. The van der Waals surface area contributed by atoms with Gasteiger partial charge in [0.1, 0.15) is 5.54 Å². The maximum atomic E-state index is 13.2. The number of hydrogen-bond acceptors (Lipinski definition) is 5. The molecule has 140 valence electrons. The van der Waals surface area contributed by atoms with Crippen LogP contribution < -0.4 is 9.47 Å². The summed E-state index contributed by atoms with van der Waals surface area (Å²) < 4.78 is 15.8. The molecule has 0 radical (unpaired) electrons. The molecule has 1 aromatic rings. The molecule has 3 aliphatic rings. The van der Waals surface area contributed by atoms with Gasteiger partial charge in [-0.15, -0.1) is 0 Å². The third-order valence-corrected chi connectivity index (χ3v) is 5.62. The molecule has 1 unspecified atom stereocenters. The van der Waals surface area contributed by atoms with Crippen molar-refractivity contribution in [3.63, 3.8) is 0 Å². The van der Waals surface area contributed by atoms with Crippen LogP contribution in [-0.4, -0.2) is 67.3 Å².